The number of hydrogen-bond donors (Lipinski definition) is 0. The minimum atomic E-state index is 0.156. The van der Waals surface area contributed by atoms with Crippen molar-refractivity contribution in [1.29, 1.82) is 0 Å². The van der Waals surface area contributed by atoms with Gasteiger partial charge in [-0.15, -0.1) is 0 Å². The summed E-state index contributed by atoms with van der Waals surface area (Å²) in [6.45, 7) is 8.43. The molecule has 3 nitrogen and oxygen atoms in total. The third-order valence-electron chi connectivity index (χ3n) is 4.07. The summed E-state index contributed by atoms with van der Waals surface area (Å²) in [7, 11) is 1.68. The van der Waals surface area contributed by atoms with E-state index in [0.717, 1.165) is 25.2 Å². The molecule has 0 aromatic carbocycles. The highest BCUT2D eigenvalue weighted by Gasteiger charge is 2.48. The maximum absolute atomic E-state index is 5.66. The minimum Gasteiger partial charge on any atom is -0.496 e. The van der Waals surface area contributed by atoms with E-state index in [4.69, 9.17) is 14.2 Å². The lowest BCUT2D eigenvalue weighted by Gasteiger charge is -2.52. The van der Waals surface area contributed by atoms with Crippen LogP contribution in [0.4, 0.5) is 0 Å². The first kappa shape index (κ1) is 11.9. The molecule has 3 heteroatoms. The fraction of sp³-hybridized carbons (Fsp3) is 0.846. The molecule has 3 atom stereocenters. The molecule has 0 aromatic rings. The molecule has 92 valence electrons. The van der Waals surface area contributed by atoms with Gasteiger partial charge in [0.25, 0.3) is 0 Å². The lowest BCUT2D eigenvalue weighted by Crippen LogP contribution is -2.54. The Labute approximate surface area is 97.8 Å². The molecule has 0 amide bonds. The molecule has 0 N–H and O–H groups in total. The molecule has 0 spiro atoms. The lowest BCUT2D eigenvalue weighted by atomic mass is 9.68. The highest BCUT2D eigenvalue weighted by molar-refractivity contribution is 5.03. The van der Waals surface area contributed by atoms with E-state index in [1.54, 1.807) is 7.11 Å². The molecule has 0 aromatic heterocycles. The van der Waals surface area contributed by atoms with Gasteiger partial charge in [-0.1, -0.05) is 6.58 Å². The van der Waals surface area contributed by atoms with Crippen LogP contribution in [0.25, 0.3) is 0 Å². The van der Waals surface area contributed by atoms with Crippen LogP contribution in [0.5, 0.6) is 0 Å². The monoisotopic (exact) mass is 226 g/mol. The van der Waals surface area contributed by atoms with E-state index in [2.05, 4.69) is 13.5 Å². The Kier molecular flexibility index (Phi) is 3.55. The summed E-state index contributed by atoms with van der Waals surface area (Å²) in [5.41, 5.74) is 0.156. The molecule has 3 unspecified atom stereocenters. The van der Waals surface area contributed by atoms with Crippen LogP contribution in [-0.4, -0.2) is 32.5 Å². The van der Waals surface area contributed by atoms with Gasteiger partial charge in [0.15, 0.2) is 0 Å². The van der Waals surface area contributed by atoms with Gasteiger partial charge >= 0.3 is 0 Å². The van der Waals surface area contributed by atoms with Crippen molar-refractivity contribution in [3.8, 4) is 0 Å². The van der Waals surface area contributed by atoms with Crippen molar-refractivity contribution in [3.05, 3.63) is 12.3 Å². The van der Waals surface area contributed by atoms with Gasteiger partial charge in [0.1, 0.15) is 6.61 Å². The van der Waals surface area contributed by atoms with Crippen molar-refractivity contribution in [1.82, 2.24) is 0 Å². The van der Waals surface area contributed by atoms with Crippen molar-refractivity contribution in [2.24, 2.45) is 11.8 Å². The molecule has 1 aliphatic heterocycles. The predicted molar refractivity (Wildman–Crippen MR) is 62.2 cm³/mol. The maximum Gasteiger partial charge on any atom is 0.111 e. The van der Waals surface area contributed by atoms with E-state index in [0.29, 0.717) is 25.0 Å². The second-order valence-corrected chi connectivity index (χ2v) is 5.10. The number of ether oxygens (including phenoxy) is 3. The third-order valence-corrected chi connectivity index (χ3v) is 4.07. The summed E-state index contributed by atoms with van der Waals surface area (Å²) in [6.07, 6.45) is 3.44. The maximum atomic E-state index is 5.66. The first-order valence-electron chi connectivity index (χ1n) is 6.10. The van der Waals surface area contributed by atoms with Crippen molar-refractivity contribution < 1.29 is 14.2 Å². The van der Waals surface area contributed by atoms with Crippen LogP contribution in [0, 0.1) is 11.8 Å². The molecule has 1 saturated carbocycles. The number of hydrogen-bond acceptors (Lipinski definition) is 3. The highest BCUT2D eigenvalue weighted by atomic mass is 16.5. The molecular formula is C13H22O3. The van der Waals surface area contributed by atoms with Crippen LogP contribution >= 0.6 is 0 Å². The molecule has 1 aliphatic carbocycles. The molecule has 1 heterocycles. The van der Waals surface area contributed by atoms with Crippen molar-refractivity contribution in [3.63, 3.8) is 0 Å². The van der Waals surface area contributed by atoms with Gasteiger partial charge in [-0.3, -0.25) is 0 Å². The second kappa shape index (κ2) is 4.76. The van der Waals surface area contributed by atoms with E-state index < -0.39 is 0 Å². The topological polar surface area (TPSA) is 27.7 Å². The molecule has 1 saturated heterocycles. The number of methoxy groups -OCH3 is 1. The van der Waals surface area contributed by atoms with E-state index in [9.17, 15) is 0 Å². The van der Waals surface area contributed by atoms with Gasteiger partial charge in [0.2, 0.25) is 0 Å². The fourth-order valence-electron chi connectivity index (χ4n) is 2.67. The number of allylic oxidation sites excluding steroid dienone is 1. The average molecular weight is 226 g/mol. The van der Waals surface area contributed by atoms with E-state index >= 15 is 0 Å². The first-order valence-corrected chi connectivity index (χ1v) is 6.10. The van der Waals surface area contributed by atoms with Gasteiger partial charge in [0.05, 0.1) is 24.6 Å². The number of fused-ring (bicyclic) bond motifs is 1. The summed E-state index contributed by atoms with van der Waals surface area (Å²) in [6, 6.07) is 0. The summed E-state index contributed by atoms with van der Waals surface area (Å²) < 4.78 is 16.2. The zero-order chi connectivity index (χ0) is 11.6. The Hall–Kier alpha value is -0.540. The Morgan fingerprint density at radius 2 is 2.31 bits per heavy atom. The molecule has 0 radical (unpaired) electrons. The first-order chi connectivity index (χ1) is 7.65. The number of rotatable bonds is 5. The quantitative estimate of drug-likeness (QED) is 0.532. The standard InChI is InChI=1S/C13H22O3/c1-10(15-7-6-14-3)11-4-5-13(2)12(8-11)9-16-13/h11-12H,1,4-9H2,2-3H3. The van der Waals surface area contributed by atoms with Gasteiger partial charge in [0, 0.05) is 18.9 Å². The Balaban J connectivity index is 1.76. The Morgan fingerprint density at radius 1 is 1.50 bits per heavy atom. The van der Waals surface area contributed by atoms with Gasteiger partial charge in [-0.05, 0) is 26.2 Å². The average Bonchev–Trinajstić information content (AvgIpc) is 2.26. The summed E-state index contributed by atoms with van der Waals surface area (Å²) in [5.74, 6) is 2.15. The summed E-state index contributed by atoms with van der Waals surface area (Å²) in [5, 5.41) is 0. The van der Waals surface area contributed by atoms with E-state index in [1.165, 1.54) is 6.42 Å². The third kappa shape index (κ3) is 2.25. The van der Waals surface area contributed by atoms with Crippen molar-refractivity contribution in [2.45, 2.75) is 31.8 Å². The largest absolute Gasteiger partial charge is 0.496 e. The van der Waals surface area contributed by atoms with Crippen LogP contribution in [0.1, 0.15) is 26.2 Å². The molecule has 0 bridgehead atoms. The molecule has 16 heavy (non-hydrogen) atoms. The van der Waals surface area contributed by atoms with Gasteiger partial charge in [-0.2, -0.15) is 0 Å². The van der Waals surface area contributed by atoms with E-state index in [-0.39, 0.29) is 5.60 Å². The minimum absolute atomic E-state index is 0.156. The summed E-state index contributed by atoms with van der Waals surface area (Å²) in [4.78, 5) is 0. The zero-order valence-corrected chi connectivity index (χ0v) is 10.3. The van der Waals surface area contributed by atoms with Crippen LogP contribution < -0.4 is 0 Å². The smallest absolute Gasteiger partial charge is 0.111 e. The van der Waals surface area contributed by atoms with Crippen LogP contribution in [-0.2, 0) is 14.2 Å². The molecule has 2 aliphatic rings. The van der Waals surface area contributed by atoms with Gasteiger partial charge < -0.3 is 14.2 Å². The molecule has 2 fully saturated rings. The predicted octanol–water partition coefficient (Wildman–Crippen LogP) is 2.37. The highest BCUT2D eigenvalue weighted by Crippen LogP contribution is 2.47. The van der Waals surface area contributed by atoms with Gasteiger partial charge in [-0.25, -0.2) is 0 Å². The molecule has 2 rings (SSSR count). The van der Waals surface area contributed by atoms with Crippen molar-refractivity contribution in [2.75, 3.05) is 26.9 Å². The van der Waals surface area contributed by atoms with Crippen LogP contribution in [0.2, 0.25) is 0 Å². The summed E-state index contributed by atoms with van der Waals surface area (Å²) >= 11 is 0. The SMILES string of the molecule is C=C(OCCOC)C1CCC2(C)OCC2C1. The van der Waals surface area contributed by atoms with Crippen LogP contribution in [0.3, 0.4) is 0 Å². The van der Waals surface area contributed by atoms with Crippen LogP contribution in [0.15, 0.2) is 12.3 Å². The fourth-order valence-corrected chi connectivity index (χ4v) is 2.67. The second-order valence-electron chi connectivity index (χ2n) is 5.10. The molecular weight excluding hydrogens is 204 g/mol. The Morgan fingerprint density at radius 3 is 2.88 bits per heavy atom. The Bertz CT molecular complexity index is 264. The normalized spacial score (nSPS) is 37.4. The lowest BCUT2D eigenvalue weighted by molar-refractivity contribution is -0.217. The zero-order valence-electron chi connectivity index (χ0n) is 10.3. The van der Waals surface area contributed by atoms with Crippen molar-refractivity contribution >= 4 is 0 Å². The van der Waals surface area contributed by atoms with E-state index in [1.807, 2.05) is 0 Å².